The van der Waals surface area contributed by atoms with E-state index in [9.17, 15) is 15.0 Å². The van der Waals surface area contributed by atoms with Crippen molar-refractivity contribution < 1.29 is 19.7 Å². The zero-order chi connectivity index (χ0) is 21.0. The molecule has 0 unspecified atom stereocenters. The molecular weight excluding hydrogens is 386 g/mol. The van der Waals surface area contributed by atoms with Gasteiger partial charge < -0.3 is 29.2 Å². The van der Waals surface area contributed by atoms with Gasteiger partial charge in [0.05, 0.1) is 23.0 Å². The second-order valence-corrected chi connectivity index (χ2v) is 7.69. The molecular formula is C22H21N3O5. The minimum Gasteiger partial charge on any atom is -0.508 e. The summed E-state index contributed by atoms with van der Waals surface area (Å²) in [5.41, 5.74) is 1.60. The summed E-state index contributed by atoms with van der Waals surface area (Å²) in [6.45, 7) is 0.954. The molecule has 0 spiro atoms. The Labute approximate surface area is 171 Å². The number of ether oxygens (including phenoxy) is 2. The van der Waals surface area contributed by atoms with Gasteiger partial charge in [0.2, 0.25) is 6.79 Å². The third kappa shape index (κ3) is 2.76. The first-order chi connectivity index (χ1) is 14.5. The van der Waals surface area contributed by atoms with Gasteiger partial charge >= 0.3 is 0 Å². The van der Waals surface area contributed by atoms with Crippen LogP contribution in [0.15, 0.2) is 35.3 Å². The lowest BCUT2D eigenvalue weighted by molar-refractivity contribution is 0.174. The lowest BCUT2D eigenvalue weighted by atomic mass is 10.0. The monoisotopic (exact) mass is 407 g/mol. The summed E-state index contributed by atoms with van der Waals surface area (Å²) in [5, 5.41) is 22.4. The maximum atomic E-state index is 13.5. The molecule has 154 valence electrons. The van der Waals surface area contributed by atoms with Gasteiger partial charge in [0, 0.05) is 41.7 Å². The van der Waals surface area contributed by atoms with Crippen molar-refractivity contribution in [2.75, 3.05) is 27.4 Å². The van der Waals surface area contributed by atoms with Crippen molar-refractivity contribution in [2.45, 2.75) is 13.2 Å². The highest BCUT2D eigenvalue weighted by atomic mass is 16.7. The number of phenols is 1. The normalized spacial score (nSPS) is 13.2. The van der Waals surface area contributed by atoms with Crippen LogP contribution in [0.5, 0.6) is 17.2 Å². The van der Waals surface area contributed by atoms with Crippen LogP contribution in [0.25, 0.3) is 32.6 Å². The molecule has 1 aliphatic rings. The van der Waals surface area contributed by atoms with Crippen molar-refractivity contribution in [1.82, 2.24) is 14.5 Å². The molecule has 3 heterocycles. The quantitative estimate of drug-likeness (QED) is 0.501. The van der Waals surface area contributed by atoms with Gasteiger partial charge in [-0.3, -0.25) is 9.78 Å². The van der Waals surface area contributed by atoms with Gasteiger partial charge in [-0.15, -0.1) is 0 Å². The third-order valence-corrected chi connectivity index (χ3v) is 5.53. The average molecular weight is 407 g/mol. The molecule has 0 saturated carbocycles. The molecule has 0 saturated heterocycles. The van der Waals surface area contributed by atoms with E-state index in [1.54, 1.807) is 16.8 Å². The SMILES string of the molecule is CN(C)CCn1c(=O)c2cc(O)c(CO)cc2c2cnc3cc4c(cc3c21)OCO4. The molecule has 0 fully saturated rings. The van der Waals surface area contributed by atoms with Crippen LogP contribution < -0.4 is 15.0 Å². The zero-order valence-corrected chi connectivity index (χ0v) is 16.7. The zero-order valence-electron chi connectivity index (χ0n) is 16.7. The summed E-state index contributed by atoms with van der Waals surface area (Å²) in [6.07, 6.45) is 1.73. The van der Waals surface area contributed by atoms with Gasteiger partial charge in [0.15, 0.2) is 11.5 Å². The molecule has 4 aromatic rings. The summed E-state index contributed by atoms with van der Waals surface area (Å²) in [7, 11) is 3.90. The van der Waals surface area contributed by atoms with Crippen molar-refractivity contribution >= 4 is 32.6 Å². The number of hydrogen-bond donors (Lipinski definition) is 2. The predicted molar refractivity (Wildman–Crippen MR) is 113 cm³/mol. The van der Waals surface area contributed by atoms with Crippen molar-refractivity contribution in [1.29, 1.82) is 0 Å². The van der Waals surface area contributed by atoms with Crippen LogP contribution in [0.1, 0.15) is 5.56 Å². The molecule has 2 N–H and O–H groups in total. The molecule has 8 heteroatoms. The van der Waals surface area contributed by atoms with Crippen LogP contribution in [0, 0.1) is 0 Å². The number of hydrogen-bond acceptors (Lipinski definition) is 7. The first-order valence-corrected chi connectivity index (χ1v) is 9.64. The Morgan fingerprint density at radius 3 is 2.57 bits per heavy atom. The highest BCUT2D eigenvalue weighted by Gasteiger charge is 2.20. The first kappa shape index (κ1) is 18.7. The van der Waals surface area contributed by atoms with Crippen molar-refractivity contribution in [3.05, 3.63) is 46.4 Å². The second-order valence-electron chi connectivity index (χ2n) is 7.69. The molecule has 0 bridgehead atoms. The van der Waals surface area contributed by atoms with E-state index < -0.39 is 0 Å². The lowest BCUT2D eigenvalue weighted by Crippen LogP contribution is -2.27. The highest BCUT2D eigenvalue weighted by Crippen LogP contribution is 2.39. The number of pyridine rings is 2. The lowest BCUT2D eigenvalue weighted by Gasteiger charge is -2.18. The molecule has 1 aliphatic heterocycles. The number of aliphatic hydroxyl groups is 1. The molecule has 0 atom stereocenters. The summed E-state index contributed by atoms with van der Waals surface area (Å²) in [4.78, 5) is 20.1. The highest BCUT2D eigenvalue weighted by molar-refractivity contribution is 6.14. The van der Waals surface area contributed by atoms with Crippen LogP contribution in [0.2, 0.25) is 0 Å². The summed E-state index contributed by atoms with van der Waals surface area (Å²) in [6, 6.07) is 6.76. The van der Waals surface area contributed by atoms with E-state index in [2.05, 4.69) is 4.98 Å². The molecule has 30 heavy (non-hydrogen) atoms. The van der Waals surface area contributed by atoms with Gasteiger partial charge in [0.25, 0.3) is 5.56 Å². The van der Waals surface area contributed by atoms with E-state index in [0.717, 1.165) is 16.3 Å². The minimum atomic E-state index is -0.327. The van der Waals surface area contributed by atoms with Crippen LogP contribution >= 0.6 is 0 Å². The number of aromatic nitrogens is 2. The van der Waals surface area contributed by atoms with Gasteiger partial charge in [-0.25, -0.2) is 0 Å². The summed E-state index contributed by atoms with van der Waals surface area (Å²) < 4.78 is 12.7. The Bertz CT molecular complexity index is 1380. The van der Waals surface area contributed by atoms with E-state index in [0.29, 0.717) is 46.4 Å². The second kappa shape index (κ2) is 6.86. The van der Waals surface area contributed by atoms with Gasteiger partial charge in [-0.05, 0) is 37.7 Å². The number of benzene rings is 2. The third-order valence-electron chi connectivity index (χ3n) is 5.53. The Morgan fingerprint density at radius 2 is 1.83 bits per heavy atom. The summed E-state index contributed by atoms with van der Waals surface area (Å²) >= 11 is 0. The Balaban J connectivity index is 1.95. The number of nitrogens with zero attached hydrogens (tertiary/aromatic N) is 3. The molecule has 2 aromatic carbocycles. The molecule has 5 rings (SSSR count). The number of rotatable bonds is 4. The average Bonchev–Trinajstić information content (AvgIpc) is 3.18. The van der Waals surface area contributed by atoms with Gasteiger partial charge in [-0.1, -0.05) is 0 Å². The van der Waals surface area contributed by atoms with Gasteiger partial charge in [-0.2, -0.15) is 0 Å². The standard InChI is InChI=1S/C22H21N3O5/c1-24(2)3-4-25-21-15-7-19-20(30-11-29-19)8-17(15)23-9-16(21)13-5-12(10-26)18(27)6-14(13)22(25)28/h5-9,26-27H,3-4,10-11H2,1-2H3. The van der Waals surface area contributed by atoms with Gasteiger partial charge in [0.1, 0.15) is 5.75 Å². The van der Waals surface area contributed by atoms with Crippen molar-refractivity contribution in [2.24, 2.45) is 0 Å². The van der Waals surface area contributed by atoms with E-state index in [4.69, 9.17) is 9.47 Å². The van der Waals surface area contributed by atoms with Crippen LogP contribution in [0.4, 0.5) is 0 Å². The van der Waals surface area contributed by atoms with E-state index in [1.807, 2.05) is 31.1 Å². The smallest absolute Gasteiger partial charge is 0.259 e. The molecule has 0 amide bonds. The minimum absolute atomic E-state index is 0.0993. The number of aliphatic hydroxyl groups excluding tert-OH is 1. The van der Waals surface area contributed by atoms with Crippen molar-refractivity contribution in [3.8, 4) is 17.2 Å². The maximum absolute atomic E-state index is 13.5. The predicted octanol–water partition coefficient (Wildman–Crippen LogP) is 2.19. The fourth-order valence-electron chi connectivity index (χ4n) is 3.98. The Kier molecular flexibility index (Phi) is 4.27. The van der Waals surface area contributed by atoms with E-state index >= 15 is 0 Å². The van der Waals surface area contributed by atoms with Crippen LogP contribution in [-0.2, 0) is 13.2 Å². The first-order valence-electron chi connectivity index (χ1n) is 9.64. The number of fused-ring (bicyclic) bond motifs is 6. The molecule has 0 aliphatic carbocycles. The topological polar surface area (TPSA) is 97.1 Å². The molecule has 2 aromatic heterocycles. The molecule has 8 nitrogen and oxygen atoms in total. The van der Waals surface area contributed by atoms with Crippen LogP contribution in [-0.4, -0.2) is 52.1 Å². The van der Waals surface area contributed by atoms with Crippen LogP contribution in [0.3, 0.4) is 0 Å². The number of likely N-dealkylation sites (N-methyl/N-ethyl adjacent to an activating group) is 1. The fourth-order valence-corrected chi connectivity index (χ4v) is 3.98. The summed E-state index contributed by atoms with van der Waals surface area (Å²) in [5.74, 6) is 1.15. The molecule has 0 radical (unpaired) electrons. The largest absolute Gasteiger partial charge is 0.508 e. The Morgan fingerprint density at radius 1 is 1.07 bits per heavy atom. The van der Waals surface area contributed by atoms with Crippen molar-refractivity contribution in [3.63, 3.8) is 0 Å². The Hall–Kier alpha value is -3.36. The fraction of sp³-hybridized carbons (Fsp3) is 0.273. The number of aromatic hydroxyl groups is 1. The maximum Gasteiger partial charge on any atom is 0.259 e. The van der Waals surface area contributed by atoms with E-state index in [-0.39, 0.29) is 24.7 Å². The van der Waals surface area contributed by atoms with E-state index in [1.165, 1.54) is 6.07 Å².